The molecular formula is C11H18O. The van der Waals surface area contributed by atoms with Crippen LogP contribution in [0.4, 0.5) is 0 Å². The molecule has 2 aliphatic carbocycles. The first kappa shape index (κ1) is 8.28. The van der Waals surface area contributed by atoms with Gasteiger partial charge in [0.1, 0.15) is 5.78 Å². The zero-order valence-corrected chi connectivity index (χ0v) is 7.94. The fourth-order valence-electron chi connectivity index (χ4n) is 2.42. The lowest BCUT2D eigenvalue weighted by molar-refractivity contribution is -0.130. The number of hydrogen-bond donors (Lipinski definition) is 0. The molecule has 0 atom stereocenters. The summed E-state index contributed by atoms with van der Waals surface area (Å²) >= 11 is 0. The zero-order valence-electron chi connectivity index (χ0n) is 7.94. The molecule has 0 N–H and O–H groups in total. The molecule has 12 heavy (non-hydrogen) atoms. The Kier molecular flexibility index (Phi) is 1.97. The molecule has 0 amide bonds. The van der Waals surface area contributed by atoms with Crippen molar-refractivity contribution in [3.05, 3.63) is 0 Å². The van der Waals surface area contributed by atoms with Crippen LogP contribution in [0.1, 0.15) is 51.9 Å². The molecule has 2 saturated carbocycles. The third-order valence-corrected chi connectivity index (χ3v) is 3.50. The molecule has 0 bridgehead atoms. The van der Waals surface area contributed by atoms with Gasteiger partial charge in [0.2, 0.25) is 0 Å². The Balaban J connectivity index is 2.01. The average Bonchev–Trinajstić information content (AvgIpc) is 2.87. The van der Waals surface area contributed by atoms with E-state index in [9.17, 15) is 4.79 Å². The SMILES string of the molecule is CC1(C(=O)C2CC2)CCCCC1. The monoisotopic (exact) mass is 166 g/mol. The standard InChI is InChI=1S/C11H18O/c1-11(7-3-2-4-8-11)10(12)9-5-6-9/h9H,2-8H2,1H3. The fourth-order valence-corrected chi connectivity index (χ4v) is 2.42. The van der Waals surface area contributed by atoms with E-state index >= 15 is 0 Å². The number of carbonyl (C=O) groups excluding carboxylic acids is 1. The molecule has 0 aliphatic heterocycles. The molecule has 1 heteroatoms. The maximum absolute atomic E-state index is 11.9. The highest BCUT2D eigenvalue weighted by molar-refractivity contribution is 5.88. The lowest BCUT2D eigenvalue weighted by atomic mass is 9.71. The Morgan fingerprint density at radius 2 is 1.75 bits per heavy atom. The second-order valence-electron chi connectivity index (χ2n) is 4.76. The highest BCUT2D eigenvalue weighted by Gasteiger charge is 2.42. The quantitative estimate of drug-likeness (QED) is 0.616. The van der Waals surface area contributed by atoms with Crippen molar-refractivity contribution < 1.29 is 4.79 Å². The molecule has 0 spiro atoms. The van der Waals surface area contributed by atoms with Crippen LogP contribution < -0.4 is 0 Å². The molecule has 0 saturated heterocycles. The highest BCUT2D eigenvalue weighted by atomic mass is 16.1. The summed E-state index contributed by atoms with van der Waals surface area (Å²) in [6.07, 6.45) is 8.55. The summed E-state index contributed by atoms with van der Waals surface area (Å²) < 4.78 is 0. The van der Waals surface area contributed by atoms with Crippen molar-refractivity contribution in [2.45, 2.75) is 51.9 Å². The summed E-state index contributed by atoms with van der Waals surface area (Å²) in [7, 11) is 0. The van der Waals surface area contributed by atoms with Gasteiger partial charge in [0.15, 0.2) is 0 Å². The third kappa shape index (κ3) is 1.41. The van der Waals surface area contributed by atoms with Crippen LogP contribution in [0.15, 0.2) is 0 Å². The van der Waals surface area contributed by atoms with E-state index in [0.29, 0.717) is 11.7 Å². The molecule has 0 unspecified atom stereocenters. The van der Waals surface area contributed by atoms with Gasteiger partial charge in [0.25, 0.3) is 0 Å². The molecule has 0 heterocycles. The summed E-state index contributed by atoms with van der Waals surface area (Å²) in [5.74, 6) is 1.05. The summed E-state index contributed by atoms with van der Waals surface area (Å²) in [5, 5.41) is 0. The summed E-state index contributed by atoms with van der Waals surface area (Å²) in [5.41, 5.74) is 0.0828. The summed E-state index contributed by atoms with van der Waals surface area (Å²) in [6, 6.07) is 0. The molecule has 0 aromatic heterocycles. The van der Waals surface area contributed by atoms with Crippen molar-refractivity contribution in [1.29, 1.82) is 0 Å². The van der Waals surface area contributed by atoms with Gasteiger partial charge in [-0.25, -0.2) is 0 Å². The van der Waals surface area contributed by atoms with Crippen molar-refractivity contribution in [1.82, 2.24) is 0 Å². The average molecular weight is 166 g/mol. The number of rotatable bonds is 2. The van der Waals surface area contributed by atoms with Gasteiger partial charge < -0.3 is 0 Å². The second-order valence-corrected chi connectivity index (χ2v) is 4.76. The topological polar surface area (TPSA) is 17.1 Å². The minimum absolute atomic E-state index is 0.0828. The van der Waals surface area contributed by atoms with E-state index < -0.39 is 0 Å². The van der Waals surface area contributed by atoms with Gasteiger partial charge in [-0.3, -0.25) is 4.79 Å². The van der Waals surface area contributed by atoms with Gasteiger partial charge >= 0.3 is 0 Å². The van der Waals surface area contributed by atoms with Crippen LogP contribution in [0.25, 0.3) is 0 Å². The van der Waals surface area contributed by atoms with Crippen LogP contribution in [0, 0.1) is 11.3 Å². The van der Waals surface area contributed by atoms with Crippen LogP contribution in [0.2, 0.25) is 0 Å². The smallest absolute Gasteiger partial charge is 0.141 e. The minimum atomic E-state index is 0.0828. The first-order valence-corrected chi connectivity index (χ1v) is 5.27. The molecule has 68 valence electrons. The Bertz CT molecular complexity index is 185. The zero-order chi connectivity index (χ0) is 8.60. The van der Waals surface area contributed by atoms with Gasteiger partial charge in [-0.15, -0.1) is 0 Å². The maximum atomic E-state index is 11.9. The molecule has 2 fully saturated rings. The van der Waals surface area contributed by atoms with Crippen LogP contribution in [-0.2, 0) is 4.79 Å². The van der Waals surface area contributed by atoms with Gasteiger partial charge in [0, 0.05) is 11.3 Å². The molecule has 0 aromatic rings. The first-order valence-electron chi connectivity index (χ1n) is 5.27. The second kappa shape index (κ2) is 2.86. The van der Waals surface area contributed by atoms with E-state index in [1.54, 1.807) is 0 Å². The first-order chi connectivity index (χ1) is 5.72. The van der Waals surface area contributed by atoms with Crippen LogP contribution in [-0.4, -0.2) is 5.78 Å². The molecular weight excluding hydrogens is 148 g/mol. The van der Waals surface area contributed by atoms with Crippen molar-refractivity contribution >= 4 is 5.78 Å². The van der Waals surface area contributed by atoms with E-state index in [2.05, 4.69) is 6.92 Å². The van der Waals surface area contributed by atoms with Gasteiger partial charge in [-0.2, -0.15) is 0 Å². The highest BCUT2D eigenvalue weighted by Crippen LogP contribution is 2.44. The Morgan fingerprint density at radius 3 is 2.25 bits per heavy atom. The summed E-state index contributed by atoms with van der Waals surface area (Å²) in [6.45, 7) is 2.19. The van der Waals surface area contributed by atoms with Gasteiger partial charge in [-0.05, 0) is 25.7 Å². The molecule has 0 radical (unpaired) electrons. The molecule has 2 aliphatic rings. The maximum Gasteiger partial charge on any atom is 0.141 e. The van der Waals surface area contributed by atoms with Gasteiger partial charge in [-0.1, -0.05) is 26.2 Å². The number of ketones is 1. The third-order valence-electron chi connectivity index (χ3n) is 3.50. The lowest BCUT2D eigenvalue weighted by Gasteiger charge is -2.32. The van der Waals surface area contributed by atoms with E-state index in [1.807, 2.05) is 0 Å². The molecule has 1 nitrogen and oxygen atoms in total. The van der Waals surface area contributed by atoms with Crippen molar-refractivity contribution in [2.75, 3.05) is 0 Å². The van der Waals surface area contributed by atoms with Crippen LogP contribution in [0.5, 0.6) is 0 Å². The fraction of sp³-hybridized carbons (Fsp3) is 0.909. The lowest BCUT2D eigenvalue weighted by Crippen LogP contribution is -2.31. The van der Waals surface area contributed by atoms with Crippen molar-refractivity contribution in [2.24, 2.45) is 11.3 Å². The van der Waals surface area contributed by atoms with E-state index in [0.717, 1.165) is 12.8 Å². The number of Topliss-reactive ketones (excluding diaryl/α,β-unsaturated/α-hetero) is 1. The van der Waals surface area contributed by atoms with E-state index in [-0.39, 0.29) is 5.41 Å². The molecule has 2 rings (SSSR count). The predicted octanol–water partition coefficient (Wildman–Crippen LogP) is 2.94. The predicted molar refractivity (Wildman–Crippen MR) is 48.9 cm³/mol. The van der Waals surface area contributed by atoms with E-state index in [1.165, 1.54) is 32.1 Å². The van der Waals surface area contributed by atoms with E-state index in [4.69, 9.17) is 0 Å². The minimum Gasteiger partial charge on any atom is -0.299 e. The van der Waals surface area contributed by atoms with Crippen LogP contribution >= 0.6 is 0 Å². The largest absolute Gasteiger partial charge is 0.299 e. The Labute approximate surface area is 74.5 Å². The van der Waals surface area contributed by atoms with Crippen LogP contribution in [0.3, 0.4) is 0 Å². The van der Waals surface area contributed by atoms with Crippen molar-refractivity contribution in [3.63, 3.8) is 0 Å². The summed E-state index contributed by atoms with van der Waals surface area (Å²) in [4.78, 5) is 11.9. The van der Waals surface area contributed by atoms with Crippen molar-refractivity contribution in [3.8, 4) is 0 Å². The van der Waals surface area contributed by atoms with Gasteiger partial charge in [0.05, 0.1) is 0 Å². The number of hydrogen-bond acceptors (Lipinski definition) is 1. The molecule has 0 aromatic carbocycles. The Hall–Kier alpha value is -0.330. The number of carbonyl (C=O) groups is 1. The normalized spacial score (nSPS) is 28.4. The Morgan fingerprint density at radius 1 is 1.17 bits per heavy atom.